The first-order valence-corrected chi connectivity index (χ1v) is 6.72. The summed E-state index contributed by atoms with van der Waals surface area (Å²) in [5.74, 6) is -0.598. The fraction of sp³-hybridized carbons (Fsp3) is 0.286. The second-order valence-electron chi connectivity index (χ2n) is 4.82. The molecule has 1 amide bonds. The minimum absolute atomic E-state index is 0.0520. The van der Waals surface area contributed by atoms with Gasteiger partial charge in [0.15, 0.2) is 0 Å². The Labute approximate surface area is 129 Å². The van der Waals surface area contributed by atoms with Gasteiger partial charge >= 0.3 is 6.18 Å². The van der Waals surface area contributed by atoms with Crippen molar-refractivity contribution in [1.29, 1.82) is 0 Å². The van der Waals surface area contributed by atoms with Crippen molar-refractivity contribution in [2.75, 3.05) is 5.32 Å². The Bertz CT molecular complexity index is 710. The Morgan fingerprint density at radius 3 is 2.55 bits per heavy atom. The summed E-state index contributed by atoms with van der Waals surface area (Å²) in [6, 6.07) is 4.97. The average Bonchev–Trinajstić information content (AvgIpc) is 2.68. The van der Waals surface area contributed by atoms with Gasteiger partial charge in [-0.15, -0.1) is 0 Å². The number of nitrogens with one attached hydrogen (secondary N) is 1. The predicted molar refractivity (Wildman–Crippen MR) is 76.8 cm³/mol. The smallest absolute Gasteiger partial charge is 0.324 e. The number of hydrogen-bond acceptors (Lipinski definition) is 2. The number of alkyl halides is 3. The van der Waals surface area contributed by atoms with Gasteiger partial charge in [0.1, 0.15) is 6.54 Å². The number of nitrogens with zero attached hydrogens (tertiary/aromatic N) is 2. The zero-order chi connectivity index (χ0) is 16.5. The van der Waals surface area contributed by atoms with E-state index in [1.54, 1.807) is 19.9 Å². The van der Waals surface area contributed by atoms with E-state index < -0.39 is 17.6 Å². The molecule has 4 nitrogen and oxygen atoms in total. The maximum Gasteiger partial charge on any atom is 0.418 e. The first kappa shape index (κ1) is 16.4. The lowest BCUT2D eigenvalue weighted by Gasteiger charge is -2.14. The molecule has 2 rings (SSSR count). The fourth-order valence-electron chi connectivity index (χ4n) is 2.02. The van der Waals surface area contributed by atoms with E-state index in [1.165, 1.54) is 10.7 Å². The second-order valence-corrected chi connectivity index (χ2v) is 5.26. The van der Waals surface area contributed by atoms with Crippen LogP contribution in [-0.2, 0) is 17.5 Å². The number of anilines is 1. The van der Waals surface area contributed by atoms with Crippen LogP contribution in [0.25, 0.3) is 0 Å². The Morgan fingerprint density at radius 1 is 1.32 bits per heavy atom. The first-order valence-electron chi connectivity index (χ1n) is 6.34. The van der Waals surface area contributed by atoms with Gasteiger partial charge in [-0.3, -0.25) is 9.48 Å². The third-order valence-corrected chi connectivity index (χ3v) is 3.19. The van der Waals surface area contributed by atoms with Crippen LogP contribution in [0.3, 0.4) is 0 Å². The minimum atomic E-state index is -4.61. The highest BCUT2D eigenvalue weighted by Gasteiger charge is 2.34. The first-order chi connectivity index (χ1) is 10.2. The third-order valence-electron chi connectivity index (χ3n) is 2.96. The van der Waals surface area contributed by atoms with Gasteiger partial charge < -0.3 is 5.32 Å². The molecule has 0 atom stereocenters. The summed E-state index contributed by atoms with van der Waals surface area (Å²) in [5.41, 5.74) is 0.165. The number of aromatic nitrogens is 2. The molecule has 0 aliphatic heterocycles. The molecule has 1 heterocycles. The summed E-state index contributed by atoms with van der Waals surface area (Å²) in [6.07, 6.45) is -4.61. The van der Waals surface area contributed by atoms with E-state index in [9.17, 15) is 18.0 Å². The maximum atomic E-state index is 12.9. The van der Waals surface area contributed by atoms with Gasteiger partial charge in [-0.1, -0.05) is 11.6 Å². The van der Waals surface area contributed by atoms with Crippen LogP contribution in [0.1, 0.15) is 17.0 Å². The zero-order valence-electron chi connectivity index (χ0n) is 11.8. The van der Waals surface area contributed by atoms with E-state index in [0.29, 0.717) is 0 Å². The molecule has 1 N–H and O–H groups in total. The summed E-state index contributed by atoms with van der Waals surface area (Å²) >= 11 is 5.59. The second kappa shape index (κ2) is 6.00. The predicted octanol–water partition coefficient (Wildman–Crippen LogP) is 3.81. The molecule has 0 bridgehead atoms. The standard InChI is InChI=1S/C14H13ClF3N3O/c1-8-5-9(2)21(20-8)7-13(22)19-12-4-3-10(15)6-11(12)14(16,17)18/h3-6H,7H2,1-2H3,(H,19,22). The van der Waals surface area contributed by atoms with Crippen LogP contribution >= 0.6 is 11.6 Å². The van der Waals surface area contributed by atoms with Crippen molar-refractivity contribution in [3.8, 4) is 0 Å². The molecule has 1 aromatic heterocycles. The molecule has 1 aromatic carbocycles. The van der Waals surface area contributed by atoms with Crippen LogP contribution in [0.5, 0.6) is 0 Å². The highest BCUT2D eigenvalue weighted by Crippen LogP contribution is 2.36. The van der Waals surface area contributed by atoms with Gasteiger partial charge in [0.05, 0.1) is 16.9 Å². The van der Waals surface area contributed by atoms with Crippen molar-refractivity contribution in [2.24, 2.45) is 0 Å². The van der Waals surface area contributed by atoms with E-state index >= 15 is 0 Å². The minimum Gasteiger partial charge on any atom is -0.324 e. The van der Waals surface area contributed by atoms with Crippen LogP contribution in [0.15, 0.2) is 24.3 Å². The van der Waals surface area contributed by atoms with Crippen molar-refractivity contribution in [2.45, 2.75) is 26.6 Å². The molecule has 22 heavy (non-hydrogen) atoms. The van der Waals surface area contributed by atoms with Gasteiger partial charge in [-0.25, -0.2) is 0 Å². The summed E-state index contributed by atoms with van der Waals surface area (Å²) in [7, 11) is 0. The van der Waals surface area contributed by atoms with Crippen molar-refractivity contribution in [1.82, 2.24) is 9.78 Å². The normalized spacial score (nSPS) is 11.5. The topological polar surface area (TPSA) is 46.9 Å². The molecule has 2 aromatic rings. The number of carbonyl (C=O) groups is 1. The Morgan fingerprint density at radius 2 is 2.00 bits per heavy atom. The summed E-state index contributed by atoms with van der Waals surface area (Å²) < 4.78 is 40.3. The Hall–Kier alpha value is -2.02. The number of amides is 1. The SMILES string of the molecule is Cc1cc(C)n(CC(=O)Nc2ccc(Cl)cc2C(F)(F)F)n1. The molecule has 0 spiro atoms. The van der Waals surface area contributed by atoms with Crippen molar-refractivity contribution >= 4 is 23.2 Å². The third kappa shape index (κ3) is 3.79. The van der Waals surface area contributed by atoms with E-state index in [2.05, 4.69) is 10.4 Å². The monoisotopic (exact) mass is 331 g/mol. The molecule has 0 aliphatic carbocycles. The molecule has 0 aliphatic rings. The molecule has 118 valence electrons. The zero-order valence-corrected chi connectivity index (χ0v) is 12.6. The number of benzene rings is 1. The van der Waals surface area contributed by atoms with Crippen LogP contribution < -0.4 is 5.32 Å². The highest BCUT2D eigenvalue weighted by molar-refractivity contribution is 6.30. The summed E-state index contributed by atoms with van der Waals surface area (Å²) in [6.45, 7) is 3.36. The van der Waals surface area contributed by atoms with E-state index in [4.69, 9.17) is 11.6 Å². The highest BCUT2D eigenvalue weighted by atomic mass is 35.5. The number of carbonyl (C=O) groups excluding carboxylic acids is 1. The van der Waals surface area contributed by atoms with Gasteiger partial charge in [0.25, 0.3) is 0 Å². The van der Waals surface area contributed by atoms with Gasteiger partial charge in [-0.2, -0.15) is 18.3 Å². The van der Waals surface area contributed by atoms with Crippen molar-refractivity contribution in [3.05, 3.63) is 46.2 Å². The molecule has 0 fully saturated rings. The van der Waals surface area contributed by atoms with E-state index in [-0.39, 0.29) is 17.3 Å². The van der Waals surface area contributed by atoms with E-state index in [1.807, 2.05) is 0 Å². The van der Waals surface area contributed by atoms with Gasteiger partial charge in [0, 0.05) is 10.7 Å². The molecular formula is C14H13ClF3N3O. The molecule has 0 saturated carbocycles. The van der Waals surface area contributed by atoms with Crippen LogP contribution in [0, 0.1) is 13.8 Å². The quantitative estimate of drug-likeness (QED) is 0.929. The van der Waals surface area contributed by atoms with Crippen molar-refractivity contribution < 1.29 is 18.0 Å². The molecule has 0 radical (unpaired) electrons. The lowest BCUT2D eigenvalue weighted by Crippen LogP contribution is -2.22. The van der Waals surface area contributed by atoms with E-state index in [0.717, 1.165) is 23.5 Å². The Kier molecular flexibility index (Phi) is 4.46. The number of rotatable bonds is 3. The van der Waals surface area contributed by atoms with Crippen LogP contribution in [-0.4, -0.2) is 15.7 Å². The molecule has 0 saturated heterocycles. The average molecular weight is 332 g/mol. The molecule has 0 unspecified atom stereocenters. The van der Waals surface area contributed by atoms with Crippen LogP contribution in [0.2, 0.25) is 5.02 Å². The number of hydrogen-bond donors (Lipinski definition) is 1. The summed E-state index contributed by atoms with van der Waals surface area (Å²) in [4.78, 5) is 11.9. The Balaban J connectivity index is 2.20. The molecule has 8 heteroatoms. The number of aryl methyl sites for hydroxylation is 2. The number of halogens is 4. The lowest BCUT2D eigenvalue weighted by molar-refractivity contribution is -0.137. The van der Waals surface area contributed by atoms with Gasteiger partial charge in [0.2, 0.25) is 5.91 Å². The van der Waals surface area contributed by atoms with Crippen LogP contribution in [0.4, 0.5) is 18.9 Å². The van der Waals surface area contributed by atoms with Crippen molar-refractivity contribution in [3.63, 3.8) is 0 Å². The largest absolute Gasteiger partial charge is 0.418 e. The molecular weight excluding hydrogens is 319 g/mol. The van der Waals surface area contributed by atoms with Gasteiger partial charge in [-0.05, 0) is 38.1 Å². The fourth-order valence-corrected chi connectivity index (χ4v) is 2.19. The summed E-state index contributed by atoms with van der Waals surface area (Å²) in [5, 5.41) is 6.29. The lowest BCUT2D eigenvalue weighted by atomic mass is 10.1. The maximum absolute atomic E-state index is 12.9.